The molecule has 0 bridgehead atoms. The lowest BCUT2D eigenvalue weighted by Crippen LogP contribution is -2.28. The average Bonchev–Trinajstić information content (AvgIpc) is 2.38. The molecule has 1 heteroatoms. The molecule has 1 aromatic rings. The van der Waals surface area contributed by atoms with E-state index in [1.807, 2.05) is 0 Å². The number of likely N-dealkylation sites (tertiary alicyclic amines) is 1. The largest absolute Gasteiger partial charge is 0.375 e. The van der Waals surface area contributed by atoms with Gasteiger partial charge in [0.05, 0.1) is 0 Å². The first kappa shape index (κ1) is 11.3. The molecule has 0 atom stereocenters. The number of allylic oxidation sites excluding steroid dienone is 1. The standard InChI is InChI=1S/C15H21N/c1-2-15(16-11-7-4-8-12-16)13-14-9-5-3-6-10-14/h3,5-6,9-10,13H,2,4,7-8,11-12H2,1H3/b15-13-. The van der Waals surface area contributed by atoms with Gasteiger partial charge in [0.2, 0.25) is 0 Å². The summed E-state index contributed by atoms with van der Waals surface area (Å²) in [5.74, 6) is 0. The fourth-order valence-electron chi connectivity index (χ4n) is 2.34. The van der Waals surface area contributed by atoms with Crippen LogP contribution in [0.5, 0.6) is 0 Å². The van der Waals surface area contributed by atoms with E-state index in [0.717, 1.165) is 6.42 Å². The SMILES string of the molecule is CC/C(=C/c1ccccc1)N1CCCCC1. The quantitative estimate of drug-likeness (QED) is 0.738. The Balaban J connectivity index is 2.12. The van der Waals surface area contributed by atoms with Crippen molar-refractivity contribution in [3.05, 3.63) is 41.6 Å². The monoisotopic (exact) mass is 215 g/mol. The van der Waals surface area contributed by atoms with Gasteiger partial charge < -0.3 is 4.90 Å². The fourth-order valence-corrected chi connectivity index (χ4v) is 2.34. The summed E-state index contributed by atoms with van der Waals surface area (Å²) in [4.78, 5) is 2.55. The average molecular weight is 215 g/mol. The molecule has 1 heterocycles. The minimum atomic E-state index is 1.13. The van der Waals surface area contributed by atoms with Crippen LogP contribution in [0.25, 0.3) is 6.08 Å². The van der Waals surface area contributed by atoms with E-state index in [-0.39, 0.29) is 0 Å². The smallest absolute Gasteiger partial charge is 0.0175 e. The van der Waals surface area contributed by atoms with Crippen molar-refractivity contribution in [1.29, 1.82) is 0 Å². The molecular formula is C15H21N. The highest BCUT2D eigenvalue weighted by atomic mass is 15.1. The number of piperidine rings is 1. The van der Waals surface area contributed by atoms with Crippen molar-refractivity contribution < 1.29 is 0 Å². The van der Waals surface area contributed by atoms with Crippen LogP contribution < -0.4 is 0 Å². The zero-order chi connectivity index (χ0) is 11.2. The Hall–Kier alpha value is -1.24. The van der Waals surface area contributed by atoms with Crippen molar-refractivity contribution in [3.8, 4) is 0 Å². The predicted molar refractivity (Wildman–Crippen MR) is 70.1 cm³/mol. The van der Waals surface area contributed by atoms with Crippen LogP contribution in [0, 0.1) is 0 Å². The third kappa shape index (κ3) is 2.88. The molecule has 0 aromatic heterocycles. The van der Waals surface area contributed by atoms with Gasteiger partial charge in [0.1, 0.15) is 0 Å². The third-order valence-corrected chi connectivity index (χ3v) is 3.26. The number of hydrogen-bond acceptors (Lipinski definition) is 1. The van der Waals surface area contributed by atoms with E-state index in [0.29, 0.717) is 0 Å². The molecule has 16 heavy (non-hydrogen) atoms. The predicted octanol–water partition coefficient (Wildman–Crippen LogP) is 3.92. The van der Waals surface area contributed by atoms with Gasteiger partial charge in [-0.15, -0.1) is 0 Å². The van der Waals surface area contributed by atoms with Gasteiger partial charge in [-0.2, -0.15) is 0 Å². The molecule has 0 spiro atoms. The van der Waals surface area contributed by atoms with Gasteiger partial charge in [0.25, 0.3) is 0 Å². The summed E-state index contributed by atoms with van der Waals surface area (Å²) >= 11 is 0. The van der Waals surface area contributed by atoms with Gasteiger partial charge in [0, 0.05) is 18.8 Å². The van der Waals surface area contributed by atoms with Crippen molar-refractivity contribution in [2.24, 2.45) is 0 Å². The van der Waals surface area contributed by atoms with Gasteiger partial charge >= 0.3 is 0 Å². The van der Waals surface area contributed by atoms with Crippen LogP contribution in [0.4, 0.5) is 0 Å². The topological polar surface area (TPSA) is 3.24 Å². The number of benzene rings is 1. The molecule has 2 rings (SSSR count). The lowest BCUT2D eigenvalue weighted by Gasteiger charge is -2.30. The molecule has 0 N–H and O–H groups in total. The molecule has 1 fully saturated rings. The molecule has 1 nitrogen and oxygen atoms in total. The minimum absolute atomic E-state index is 1.13. The summed E-state index contributed by atoms with van der Waals surface area (Å²) in [6.45, 7) is 4.74. The Labute approximate surface area is 98.8 Å². The first-order valence-corrected chi connectivity index (χ1v) is 6.40. The van der Waals surface area contributed by atoms with Gasteiger partial charge in [-0.25, -0.2) is 0 Å². The van der Waals surface area contributed by atoms with E-state index in [1.165, 1.54) is 43.6 Å². The summed E-state index contributed by atoms with van der Waals surface area (Å²) in [5, 5.41) is 0. The van der Waals surface area contributed by atoms with Crippen LogP contribution >= 0.6 is 0 Å². The summed E-state index contributed by atoms with van der Waals surface area (Å²) in [7, 11) is 0. The van der Waals surface area contributed by atoms with Crippen LogP contribution in [0.15, 0.2) is 36.0 Å². The molecule has 0 unspecified atom stereocenters. The lowest BCUT2D eigenvalue weighted by molar-refractivity contribution is 0.281. The molecule has 1 aliphatic heterocycles. The van der Waals surface area contributed by atoms with E-state index in [1.54, 1.807) is 0 Å². The lowest BCUT2D eigenvalue weighted by atomic mass is 10.1. The Morgan fingerprint density at radius 1 is 1.12 bits per heavy atom. The number of hydrogen-bond donors (Lipinski definition) is 0. The van der Waals surface area contributed by atoms with Crippen molar-refractivity contribution in [2.45, 2.75) is 32.6 Å². The van der Waals surface area contributed by atoms with Crippen molar-refractivity contribution in [1.82, 2.24) is 4.90 Å². The maximum absolute atomic E-state index is 2.55. The van der Waals surface area contributed by atoms with Crippen LogP contribution in [0.3, 0.4) is 0 Å². The summed E-state index contributed by atoms with van der Waals surface area (Å²) in [6, 6.07) is 10.6. The molecular weight excluding hydrogens is 194 g/mol. The maximum atomic E-state index is 2.55. The van der Waals surface area contributed by atoms with Crippen molar-refractivity contribution >= 4 is 6.08 Å². The zero-order valence-electron chi connectivity index (χ0n) is 10.2. The minimum Gasteiger partial charge on any atom is -0.375 e. The first-order valence-electron chi connectivity index (χ1n) is 6.40. The second-order valence-corrected chi connectivity index (χ2v) is 4.45. The number of rotatable bonds is 3. The fraction of sp³-hybridized carbons (Fsp3) is 0.467. The highest BCUT2D eigenvalue weighted by molar-refractivity contribution is 5.52. The third-order valence-electron chi connectivity index (χ3n) is 3.26. The molecule has 86 valence electrons. The molecule has 1 saturated heterocycles. The van der Waals surface area contributed by atoms with E-state index in [9.17, 15) is 0 Å². The molecule has 1 aliphatic rings. The Kier molecular flexibility index (Phi) is 4.03. The van der Waals surface area contributed by atoms with Crippen LogP contribution in [0.1, 0.15) is 38.2 Å². The van der Waals surface area contributed by atoms with Crippen LogP contribution in [-0.4, -0.2) is 18.0 Å². The molecule has 0 aliphatic carbocycles. The summed E-state index contributed by atoms with van der Waals surface area (Å²) in [5.41, 5.74) is 2.82. The highest BCUT2D eigenvalue weighted by Gasteiger charge is 2.11. The van der Waals surface area contributed by atoms with Crippen LogP contribution in [0.2, 0.25) is 0 Å². The molecule has 0 radical (unpaired) electrons. The second-order valence-electron chi connectivity index (χ2n) is 4.45. The molecule has 1 aromatic carbocycles. The highest BCUT2D eigenvalue weighted by Crippen LogP contribution is 2.19. The normalized spacial score (nSPS) is 17.6. The van der Waals surface area contributed by atoms with Gasteiger partial charge in [0.15, 0.2) is 0 Å². The van der Waals surface area contributed by atoms with E-state index in [4.69, 9.17) is 0 Å². The Morgan fingerprint density at radius 3 is 2.44 bits per heavy atom. The molecule has 0 amide bonds. The summed E-state index contributed by atoms with van der Waals surface area (Å²) < 4.78 is 0. The number of nitrogens with zero attached hydrogens (tertiary/aromatic N) is 1. The van der Waals surface area contributed by atoms with E-state index < -0.39 is 0 Å². The molecule has 0 saturated carbocycles. The van der Waals surface area contributed by atoms with Gasteiger partial charge in [-0.1, -0.05) is 37.3 Å². The van der Waals surface area contributed by atoms with Gasteiger partial charge in [-0.05, 0) is 37.3 Å². The van der Waals surface area contributed by atoms with E-state index in [2.05, 4.69) is 48.2 Å². The van der Waals surface area contributed by atoms with Gasteiger partial charge in [-0.3, -0.25) is 0 Å². The van der Waals surface area contributed by atoms with Crippen LogP contribution in [-0.2, 0) is 0 Å². The van der Waals surface area contributed by atoms with E-state index >= 15 is 0 Å². The second kappa shape index (κ2) is 5.74. The Bertz CT molecular complexity index is 334. The maximum Gasteiger partial charge on any atom is 0.0175 e. The summed E-state index contributed by atoms with van der Waals surface area (Å²) in [6.07, 6.45) is 7.58. The van der Waals surface area contributed by atoms with Crippen molar-refractivity contribution in [3.63, 3.8) is 0 Å². The Morgan fingerprint density at radius 2 is 1.81 bits per heavy atom. The zero-order valence-corrected chi connectivity index (χ0v) is 10.2. The first-order chi connectivity index (χ1) is 7.90. The van der Waals surface area contributed by atoms with Crippen molar-refractivity contribution in [2.75, 3.05) is 13.1 Å².